The van der Waals surface area contributed by atoms with Gasteiger partial charge in [0.05, 0.1) is 16.1 Å². The molecule has 1 aliphatic rings. The fraction of sp³-hybridized carbons (Fsp3) is 0.625. The zero-order valence-electron chi connectivity index (χ0n) is 12.1. The van der Waals surface area contributed by atoms with Crippen LogP contribution in [0.4, 0.5) is 0 Å². The highest BCUT2D eigenvalue weighted by Gasteiger charge is 2.23. The van der Waals surface area contributed by atoms with Gasteiger partial charge in [-0.3, -0.25) is 0 Å². The molecule has 1 saturated heterocycles. The van der Waals surface area contributed by atoms with Crippen LogP contribution in [0.5, 0.6) is 0 Å². The van der Waals surface area contributed by atoms with Crippen molar-refractivity contribution in [2.45, 2.75) is 45.3 Å². The van der Waals surface area contributed by atoms with Crippen LogP contribution < -0.4 is 0 Å². The summed E-state index contributed by atoms with van der Waals surface area (Å²) in [6.45, 7) is 6.61. The van der Waals surface area contributed by atoms with Crippen LogP contribution >= 0.6 is 23.2 Å². The first kappa shape index (κ1) is 16.1. The maximum absolute atomic E-state index is 10.3. The summed E-state index contributed by atoms with van der Waals surface area (Å²) in [6.07, 6.45) is 2.64. The Morgan fingerprint density at radius 2 is 2.10 bits per heavy atom. The van der Waals surface area contributed by atoms with E-state index < -0.39 is 6.10 Å². The van der Waals surface area contributed by atoms with E-state index in [-0.39, 0.29) is 0 Å². The average Bonchev–Trinajstić information content (AvgIpc) is 2.40. The van der Waals surface area contributed by atoms with Crippen molar-refractivity contribution in [3.05, 3.63) is 33.8 Å². The lowest BCUT2D eigenvalue weighted by Gasteiger charge is -2.36. The van der Waals surface area contributed by atoms with E-state index in [0.29, 0.717) is 22.5 Å². The average molecular weight is 316 g/mol. The summed E-state index contributed by atoms with van der Waals surface area (Å²) in [7, 11) is 0. The Morgan fingerprint density at radius 1 is 1.35 bits per heavy atom. The molecule has 0 aliphatic carbocycles. The number of rotatable bonds is 4. The van der Waals surface area contributed by atoms with E-state index in [2.05, 4.69) is 18.7 Å². The van der Waals surface area contributed by atoms with Crippen LogP contribution in [-0.2, 0) is 0 Å². The Labute approximate surface area is 131 Å². The summed E-state index contributed by atoms with van der Waals surface area (Å²) in [5, 5.41) is 11.3. The van der Waals surface area contributed by atoms with E-state index in [9.17, 15) is 5.11 Å². The van der Waals surface area contributed by atoms with Crippen LogP contribution in [0.15, 0.2) is 18.2 Å². The van der Waals surface area contributed by atoms with Crippen molar-refractivity contribution >= 4 is 23.2 Å². The van der Waals surface area contributed by atoms with Gasteiger partial charge in [-0.2, -0.15) is 0 Å². The Balaban J connectivity index is 1.92. The van der Waals surface area contributed by atoms with Crippen molar-refractivity contribution in [1.29, 1.82) is 0 Å². The molecule has 0 bridgehead atoms. The topological polar surface area (TPSA) is 23.5 Å². The van der Waals surface area contributed by atoms with Crippen LogP contribution in [0.3, 0.4) is 0 Å². The standard InChI is InChI=1S/C16H23Cl2NO/c1-11-6-8-19(12(2)10-11)9-7-15(20)13-4-3-5-14(17)16(13)18/h3-5,11-12,15,20H,6-10H2,1-2H3. The molecule has 0 radical (unpaired) electrons. The first-order chi connectivity index (χ1) is 9.49. The number of hydrogen-bond acceptors (Lipinski definition) is 2. The smallest absolute Gasteiger partial charge is 0.0817 e. The molecule has 1 aromatic rings. The Bertz CT molecular complexity index is 452. The minimum absolute atomic E-state index is 0.474. The van der Waals surface area contributed by atoms with Crippen LogP contribution in [0.1, 0.15) is 44.8 Å². The molecular weight excluding hydrogens is 293 g/mol. The van der Waals surface area contributed by atoms with Crippen LogP contribution in [0.2, 0.25) is 10.0 Å². The van der Waals surface area contributed by atoms with Crippen molar-refractivity contribution in [2.24, 2.45) is 5.92 Å². The van der Waals surface area contributed by atoms with Crippen molar-refractivity contribution in [1.82, 2.24) is 4.90 Å². The molecule has 0 aromatic heterocycles. The van der Waals surface area contributed by atoms with Gasteiger partial charge in [-0.25, -0.2) is 0 Å². The summed E-state index contributed by atoms with van der Waals surface area (Å²) in [6, 6.07) is 6.02. The molecule has 4 heteroatoms. The second-order valence-electron chi connectivity index (χ2n) is 5.96. The highest BCUT2D eigenvalue weighted by molar-refractivity contribution is 6.42. The van der Waals surface area contributed by atoms with Crippen molar-refractivity contribution in [3.8, 4) is 0 Å². The van der Waals surface area contributed by atoms with Gasteiger partial charge in [-0.1, -0.05) is 42.3 Å². The monoisotopic (exact) mass is 315 g/mol. The summed E-state index contributed by atoms with van der Waals surface area (Å²) in [5.41, 5.74) is 0.734. The lowest BCUT2D eigenvalue weighted by molar-refractivity contribution is 0.0942. The molecule has 0 saturated carbocycles. The zero-order valence-corrected chi connectivity index (χ0v) is 13.7. The van der Waals surface area contributed by atoms with Crippen LogP contribution in [0, 0.1) is 5.92 Å². The Kier molecular flexibility index (Phi) is 5.74. The van der Waals surface area contributed by atoms with Crippen LogP contribution in [-0.4, -0.2) is 29.1 Å². The van der Waals surface area contributed by atoms with Gasteiger partial charge in [-0.05, 0) is 44.7 Å². The number of likely N-dealkylation sites (tertiary alicyclic amines) is 1. The number of aliphatic hydroxyl groups is 1. The molecule has 0 amide bonds. The molecule has 3 unspecified atom stereocenters. The van der Waals surface area contributed by atoms with Gasteiger partial charge in [0.2, 0.25) is 0 Å². The predicted octanol–water partition coefficient (Wildman–Crippen LogP) is 4.54. The third-order valence-corrected chi connectivity index (χ3v) is 5.14. The van der Waals surface area contributed by atoms with E-state index in [4.69, 9.17) is 23.2 Å². The summed E-state index contributed by atoms with van der Waals surface area (Å²) in [5.74, 6) is 0.813. The first-order valence-electron chi connectivity index (χ1n) is 7.35. The molecule has 1 aromatic carbocycles. The molecule has 1 N–H and O–H groups in total. The summed E-state index contributed by atoms with van der Waals surface area (Å²) < 4.78 is 0. The van der Waals surface area contributed by atoms with E-state index >= 15 is 0 Å². The fourth-order valence-corrected chi connectivity index (χ4v) is 3.44. The quantitative estimate of drug-likeness (QED) is 0.881. The molecule has 20 heavy (non-hydrogen) atoms. The highest BCUT2D eigenvalue weighted by Crippen LogP contribution is 2.32. The van der Waals surface area contributed by atoms with Gasteiger partial charge in [0, 0.05) is 18.2 Å². The second-order valence-corrected chi connectivity index (χ2v) is 6.75. The van der Waals surface area contributed by atoms with Crippen molar-refractivity contribution < 1.29 is 5.11 Å². The summed E-state index contributed by atoms with van der Waals surface area (Å²) >= 11 is 12.1. The number of benzene rings is 1. The zero-order chi connectivity index (χ0) is 14.7. The Morgan fingerprint density at radius 3 is 2.80 bits per heavy atom. The molecule has 2 rings (SSSR count). The SMILES string of the molecule is CC1CCN(CCC(O)c2cccc(Cl)c2Cl)C(C)C1. The number of aliphatic hydroxyl groups excluding tert-OH is 1. The number of halogens is 2. The van der Waals surface area contributed by atoms with Gasteiger partial charge in [-0.15, -0.1) is 0 Å². The molecule has 3 atom stereocenters. The minimum Gasteiger partial charge on any atom is -0.388 e. The maximum atomic E-state index is 10.3. The van der Waals surface area contributed by atoms with E-state index in [1.807, 2.05) is 12.1 Å². The number of hydrogen-bond donors (Lipinski definition) is 1. The third-order valence-electron chi connectivity index (χ3n) is 4.31. The lowest BCUT2D eigenvalue weighted by atomic mass is 9.93. The van der Waals surface area contributed by atoms with Gasteiger partial charge in [0.15, 0.2) is 0 Å². The largest absolute Gasteiger partial charge is 0.388 e. The highest BCUT2D eigenvalue weighted by atomic mass is 35.5. The van der Waals surface area contributed by atoms with E-state index in [0.717, 1.165) is 24.6 Å². The maximum Gasteiger partial charge on any atom is 0.0817 e. The van der Waals surface area contributed by atoms with Crippen molar-refractivity contribution in [2.75, 3.05) is 13.1 Å². The second kappa shape index (κ2) is 7.13. The van der Waals surface area contributed by atoms with E-state index in [1.54, 1.807) is 6.07 Å². The molecule has 1 aliphatic heterocycles. The van der Waals surface area contributed by atoms with Crippen molar-refractivity contribution in [3.63, 3.8) is 0 Å². The first-order valence-corrected chi connectivity index (χ1v) is 8.10. The van der Waals surface area contributed by atoms with Gasteiger partial charge in [0.25, 0.3) is 0 Å². The van der Waals surface area contributed by atoms with Crippen LogP contribution in [0.25, 0.3) is 0 Å². The minimum atomic E-state index is -0.548. The predicted molar refractivity (Wildman–Crippen MR) is 85.5 cm³/mol. The van der Waals surface area contributed by atoms with E-state index in [1.165, 1.54) is 12.8 Å². The number of nitrogens with zero attached hydrogens (tertiary/aromatic N) is 1. The molecule has 1 fully saturated rings. The third kappa shape index (κ3) is 3.88. The molecular formula is C16H23Cl2NO. The fourth-order valence-electron chi connectivity index (χ4n) is 3.01. The molecule has 112 valence electrons. The normalized spacial score (nSPS) is 25.6. The molecule has 0 spiro atoms. The van der Waals surface area contributed by atoms with Gasteiger partial charge < -0.3 is 10.0 Å². The van der Waals surface area contributed by atoms with Gasteiger partial charge >= 0.3 is 0 Å². The summed E-state index contributed by atoms with van der Waals surface area (Å²) in [4.78, 5) is 2.46. The molecule has 1 heterocycles. The number of piperidine rings is 1. The lowest BCUT2D eigenvalue weighted by Crippen LogP contribution is -2.41. The van der Waals surface area contributed by atoms with Gasteiger partial charge in [0.1, 0.15) is 0 Å². The molecule has 2 nitrogen and oxygen atoms in total. The Hall–Kier alpha value is -0.280.